The van der Waals surface area contributed by atoms with Crippen molar-refractivity contribution in [2.45, 2.75) is 51.5 Å². The van der Waals surface area contributed by atoms with Gasteiger partial charge >= 0.3 is 0 Å². The highest BCUT2D eigenvalue weighted by molar-refractivity contribution is 7.11. The number of aryl methyl sites for hydroxylation is 1. The molecule has 0 saturated carbocycles. The standard InChI is InChI=1S/C16H28N2O2S/c1-12(2)17-11-13-5-4-6-14-16(13)18-15(21-14)7-8-20-10-9-19-3/h12-13,17H,4-11H2,1-3H3. The molecule has 1 heterocycles. The molecule has 0 aromatic carbocycles. The fraction of sp³-hybridized carbons (Fsp3) is 0.812. The van der Waals surface area contributed by atoms with Crippen LogP contribution in [0.2, 0.25) is 0 Å². The molecule has 1 aromatic heterocycles. The summed E-state index contributed by atoms with van der Waals surface area (Å²) in [5, 5.41) is 4.79. The highest BCUT2D eigenvalue weighted by Gasteiger charge is 2.24. The monoisotopic (exact) mass is 312 g/mol. The largest absolute Gasteiger partial charge is 0.382 e. The van der Waals surface area contributed by atoms with E-state index in [9.17, 15) is 0 Å². The minimum atomic E-state index is 0.544. The van der Waals surface area contributed by atoms with Crippen molar-refractivity contribution >= 4 is 11.3 Å². The van der Waals surface area contributed by atoms with Crippen molar-refractivity contribution < 1.29 is 9.47 Å². The van der Waals surface area contributed by atoms with E-state index < -0.39 is 0 Å². The molecular weight excluding hydrogens is 284 g/mol. The van der Waals surface area contributed by atoms with Crippen LogP contribution < -0.4 is 5.32 Å². The SMILES string of the molecule is COCCOCCc1nc2c(s1)CCCC2CNC(C)C. The first-order valence-electron chi connectivity index (χ1n) is 7.99. The Bertz CT molecular complexity index is 420. The van der Waals surface area contributed by atoms with Crippen LogP contribution in [0.25, 0.3) is 0 Å². The lowest BCUT2D eigenvalue weighted by molar-refractivity contribution is 0.0722. The maximum absolute atomic E-state index is 5.55. The van der Waals surface area contributed by atoms with Crippen LogP contribution >= 0.6 is 11.3 Å². The zero-order valence-corrected chi connectivity index (χ0v) is 14.3. The summed E-state index contributed by atoms with van der Waals surface area (Å²) in [7, 11) is 1.70. The first kappa shape index (κ1) is 16.9. The van der Waals surface area contributed by atoms with E-state index in [-0.39, 0.29) is 0 Å². The molecule has 1 unspecified atom stereocenters. The van der Waals surface area contributed by atoms with Crippen molar-refractivity contribution in [3.63, 3.8) is 0 Å². The van der Waals surface area contributed by atoms with Crippen LogP contribution in [0.4, 0.5) is 0 Å². The van der Waals surface area contributed by atoms with E-state index in [2.05, 4.69) is 19.2 Å². The summed E-state index contributed by atoms with van der Waals surface area (Å²) in [6.45, 7) is 7.53. The van der Waals surface area contributed by atoms with Crippen LogP contribution in [0.15, 0.2) is 0 Å². The molecule has 0 saturated heterocycles. The number of thiazole rings is 1. The molecule has 21 heavy (non-hydrogen) atoms. The van der Waals surface area contributed by atoms with Crippen molar-refractivity contribution in [2.24, 2.45) is 0 Å². The van der Waals surface area contributed by atoms with Gasteiger partial charge in [-0.15, -0.1) is 11.3 Å². The Labute approximate surface area is 132 Å². The quantitative estimate of drug-likeness (QED) is 0.712. The predicted molar refractivity (Wildman–Crippen MR) is 87.3 cm³/mol. The zero-order chi connectivity index (χ0) is 15.1. The Kier molecular flexibility index (Phi) is 7.10. The van der Waals surface area contributed by atoms with Gasteiger partial charge in [-0.1, -0.05) is 13.8 Å². The molecule has 0 amide bonds. The van der Waals surface area contributed by atoms with E-state index in [1.54, 1.807) is 7.11 Å². The summed E-state index contributed by atoms with van der Waals surface area (Å²) < 4.78 is 10.5. The topological polar surface area (TPSA) is 43.4 Å². The molecule has 0 radical (unpaired) electrons. The van der Waals surface area contributed by atoms with Crippen molar-refractivity contribution in [1.29, 1.82) is 0 Å². The minimum absolute atomic E-state index is 0.544. The molecule has 4 nitrogen and oxygen atoms in total. The summed E-state index contributed by atoms with van der Waals surface area (Å²) >= 11 is 1.89. The number of fused-ring (bicyclic) bond motifs is 1. The number of hydrogen-bond acceptors (Lipinski definition) is 5. The number of aromatic nitrogens is 1. The predicted octanol–water partition coefficient (Wildman–Crippen LogP) is 2.77. The number of nitrogens with one attached hydrogen (secondary N) is 1. The Morgan fingerprint density at radius 1 is 1.33 bits per heavy atom. The molecule has 5 heteroatoms. The molecule has 1 aliphatic carbocycles. The fourth-order valence-corrected chi connectivity index (χ4v) is 3.82. The second-order valence-corrected chi connectivity index (χ2v) is 7.09. The van der Waals surface area contributed by atoms with Crippen LogP contribution in [0, 0.1) is 0 Å². The Balaban J connectivity index is 1.86. The van der Waals surface area contributed by atoms with Gasteiger partial charge < -0.3 is 14.8 Å². The average molecular weight is 312 g/mol. The third-order valence-corrected chi connectivity index (χ3v) is 4.97. The number of methoxy groups -OCH3 is 1. The molecule has 0 aliphatic heterocycles. The minimum Gasteiger partial charge on any atom is -0.382 e. The van der Waals surface area contributed by atoms with Gasteiger partial charge in [0.25, 0.3) is 0 Å². The van der Waals surface area contributed by atoms with E-state index >= 15 is 0 Å². The van der Waals surface area contributed by atoms with Crippen molar-refractivity contribution in [3.05, 3.63) is 15.6 Å². The highest BCUT2D eigenvalue weighted by atomic mass is 32.1. The summed E-state index contributed by atoms with van der Waals surface area (Å²) in [5.41, 5.74) is 1.35. The number of nitrogens with zero attached hydrogens (tertiary/aromatic N) is 1. The average Bonchev–Trinajstić information content (AvgIpc) is 2.88. The molecule has 0 fully saturated rings. The second-order valence-electron chi connectivity index (χ2n) is 5.92. The smallest absolute Gasteiger partial charge is 0.0954 e. The van der Waals surface area contributed by atoms with Crippen LogP contribution in [0.3, 0.4) is 0 Å². The van der Waals surface area contributed by atoms with Gasteiger partial charge in [0.15, 0.2) is 0 Å². The van der Waals surface area contributed by atoms with Gasteiger partial charge in [-0.2, -0.15) is 0 Å². The summed E-state index contributed by atoms with van der Waals surface area (Å²) in [5.74, 6) is 0.593. The molecule has 2 rings (SSSR count). The third-order valence-electron chi connectivity index (χ3n) is 3.78. The van der Waals surface area contributed by atoms with Crippen molar-refractivity contribution in [3.8, 4) is 0 Å². The van der Waals surface area contributed by atoms with Crippen LogP contribution in [0.5, 0.6) is 0 Å². The summed E-state index contributed by atoms with van der Waals surface area (Å²) in [6.07, 6.45) is 4.69. The number of rotatable bonds is 9. The maximum Gasteiger partial charge on any atom is 0.0954 e. The molecular formula is C16H28N2O2S. The van der Waals surface area contributed by atoms with E-state index in [4.69, 9.17) is 14.5 Å². The van der Waals surface area contributed by atoms with Crippen LogP contribution in [0.1, 0.15) is 48.2 Å². The summed E-state index contributed by atoms with van der Waals surface area (Å²) in [4.78, 5) is 6.40. The van der Waals surface area contributed by atoms with Gasteiger partial charge in [-0.05, 0) is 19.3 Å². The van der Waals surface area contributed by atoms with Gasteiger partial charge in [0.05, 0.1) is 30.5 Å². The van der Waals surface area contributed by atoms with Gasteiger partial charge in [-0.25, -0.2) is 4.98 Å². The number of hydrogen-bond donors (Lipinski definition) is 1. The van der Waals surface area contributed by atoms with Gasteiger partial charge in [0.2, 0.25) is 0 Å². The Morgan fingerprint density at radius 2 is 2.19 bits per heavy atom. The lowest BCUT2D eigenvalue weighted by Crippen LogP contribution is -2.29. The van der Waals surface area contributed by atoms with E-state index in [1.165, 1.54) is 34.8 Å². The Hall–Kier alpha value is -0.490. The van der Waals surface area contributed by atoms with Crippen LogP contribution in [-0.2, 0) is 22.3 Å². The molecule has 1 aliphatic rings. The summed E-state index contributed by atoms with van der Waals surface area (Å²) in [6, 6.07) is 0.544. The number of ether oxygens (including phenoxy) is 2. The van der Waals surface area contributed by atoms with Gasteiger partial charge in [0, 0.05) is 36.9 Å². The maximum atomic E-state index is 5.55. The normalized spacial score (nSPS) is 18.2. The van der Waals surface area contributed by atoms with E-state index in [0.29, 0.717) is 25.2 Å². The zero-order valence-electron chi connectivity index (χ0n) is 13.5. The first-order chi connectivity index (χ1) is 10.2. The van der Waals surface area contributed by atoms with Crippen molar-refractivity contribution in [1.82, 2.24) is 10.3 Å². The van der Waals surface area contributed by atoms with Crippen molar-refractivity contribution in [2.75, 3.05) is 33.5 Å². The lowest BCUT2D eigenvalue weighted by Gasteiger charge is -2.22. The molecule has 1 aromatic rings. The lowest BCUT2D eigenvalue weighted by atomic mass is 9.91. The molecule has 120 valence electrons. The van der Waals surface area contributed by atoms with Crippen LogP contribution in [-0.4, -0.2) is 44.5 Å². The fourth-order valence-electron chi connectivity index (χ4n) is 2.65. The molecule has 0 spiro atoms. The van der Waals surface area contributed by atoms with E-state index in [0.717, 1.165) is 19.6 Å². The molecule has 1 N–H and O–H groups in total. The molecule has 0 bridgehead atoms. The van der Waals surface area contributed by atoms with Gasteiger partial charge in [-0.3, -0.25) is 0 Å². The first-order valence-corrected chi connectivity index (χ1v) is 8.81. The third kappa shape index (κ3) is 5.33. The molecule has 1 atom stereocenters. The second kappa shape index (κ2) is 8.83. The highest BCUT2D eigenvalue weighted by Crippen LogP contribution is 2.34. The van der Waals surface area contributed by atoms with Gasteiger partial charge in [0.1, 0.15) is 0 Å². The Morgan fingerprint density at radius 3 is 2.95 bits per heavy atom. The van der Waals surface area contributed by atoms with E-state index in [1.807, 2.05) is 11.3 Å².